The van der Waals surface area contributed by atoms with Crippen molar-refractivity contribution in [1.29, 1.82) is 0 Å². The number of carbonyl (C=O) groups is 1. The maximum atomic E-state index is 13.5. The van der Waals surface area contributed by atoms with E-state index in [0.717, 1.165) is 12.1 Å². The van der Waals surface area contributed by atoms with E-state index in [1.165, 1.54) is 0 Å². The van der Waals surface area contributed by atoms with Crippen LogP contribution < -0.4 is 11.1 Å². The number of aromatic carboxylic acids is 1. The second-order valence-corrected chi connectivity index (χ2v) is 4.42. The molecular formula is C12H17FN2O3. The summed E-state index contributed by atoms with van der Waals surface area (Å²) < 4.78 is 13.5. The molecule has 0 aliphatic rings. The largest absolute Gasteiger partial charge is 0.478 e. The molecule has 1 atom stereocenters. The van der Waals surface area contributed by atoms with Crippen molar-refractivity contribution in [2.24, 2.45) is 0 Å². The van der Waals surface area contributed by atoms with Gasteiger partial charge in [0.25, 0.3) is 0 Å². The molecule has 0 saturated carbocycles. The lowest BCUT2D eigenvalue weighted by Crippen LogP contribution is -2.38. The molecule has 6 heteroatoms. The van der Waals surface area contributed by atoms with Gasteiger partial charge in [-0.1, -0.05) is 6.92 Å². The van der Waals surface area contributed by atoms with Crippen LogP contribution in [-0.4, -0.2) is 28.3 Å². The molecule has 0 aromatic heterocycles. The number of hydrogen-bond donors (Lipinski definition) is 4. The van der Waals surface area contributed by atoms with Crippen LogP contribution in [0.2, 0.25) is 0 Å². The number of nitrogens with two attached hydrogens (primary N) is 1. The third kappa shape index (κ3) is 2.89. The highest BCUT2D eigenvalue weighted by Gasteiger charge is 2.23. The predicted octanol–water partition coefficient (Wildman–Crippen LogP) is 1.68. The first-order valence-electron chi connectivity index (χ1n) is 5.54. The van der Waals surface area contributed by atoms with Gasteiger partial charge in [0, 0.05) is 0 Å². The Hall–Kier alpha value is -1.82. The van der Waals surface area contributed by atoms with Gasteiger partial charge in [0.2, 0.25) is 0 Å². The number of nitrogens with one attached hydrogen (secondary N) is 1. The van der Waals surface area contributed by atoms with Crippen molar-refractivity contribution in [2.75, 3.05) is 17.7 Å². The summed E-state index contributed by atoms with van der Waals surface area (Å²) in [5.41, 5.74) is 4.97. The van der Waals surface area contributed by atoms with Crippen LogP contribution in [0.3, 0.4) is 0 Å². The lowest BCUT2D eigenvalue weighted by molar-refractivity contribution is 0.0692. The molecule has 0 aliphatic heterocycles. The Balaban J connectivity index is 3.12. The second-order valence-electron chi connectivity index (χ2n) is 4.42. The number of aliphatic hydroxyl groups excluding tert-OH is 1. The molecule has 1 unspecified atom stereocenters. The van der Waals surface area contributed by atoms with Crippen LogP contribution in [0.15, 0.2) is 12.1 Å². The van der Waals surface area contributed by atoms with Crippen LogP contribution in [0, 0.1) is 5.82 Å². The fourth-order valence-electron chi connectivity index (χ4n) is 1.43. The topological polar surface area (TPSA) is 95.6 Å². The lowest BCUT2D eigenvalue weighted by atomic mass is 9.99. The highest BCUT2D eigenvalue weighted by Crippen LogP contribution is 2.27. The Morgan fingerprint density at radius 1 is 1.56 bits per heavy atom. The summed E-state index contributed by atoms with van der Waals surface area (Å²) in [6, 6.07) is 2.09. The SMILES string of the molecule is CCC(C)(CO)Nc1cc(F)c(C(=O)O)cc1N. The molecule has 1 rings (SSSR count). The van der Waals surface area contributed by atoms with Gasteiger partial charge in [0.1, 0.15) is 5.82 Å². The Bertz CT molecular complexity index is 459. The van der Waals surface area contributed by atoms with E-state index >= 15 is 0 Å². The van der Waals surface area contributed by atoms with Crippen LogP contribution in [-0.2, 0) is 0 Å². The minimum absolute atomic E-state index is 0.127. The van der Waals surface area contributed by atoms with Crippen molar-refractivity contribution < 1.29 is 19.4 Å². The standard InChI is InChI=1S/C12H17FN2O3/c1-3-12(2,6-16)15-10-5-8(13)7(11(17)18)4-9(10)14/h4-5,15-16H,3,6,14H2,1-2H3,(H,17,18). The molecule has 18 heavy (non-hydrogen) atoms. The summed E-state index contributed by atoms with van der Waals surface area (Å²) in [6.45, 7) is 3.47. The predicted molar refractivity (Wildman–Crippen MR) is 67.2 cm³/mol. The molecule has 100 valence electrons. The normalized spacial score (nSPS) is 14.0. The summed E-state index contributed by atoms with van der Waals surface area (Å²) in [6.07, 6.45) is 0.602. The van der Waals surface area contributed by atoms with E-state index in [4.69, 9.17) is 10.8 Å². The smallest absolute Gasteiger partial charge is 0.338 e. The first-order chi connectivity index (χ1) is 8.33. The zero-order chi connectivity index (χ0) is 13.9. The maximum absolute atomic E-state index is 13.5. The average Bonchev–Trinajstić information content (AvgIpc) is 2.32. The van der Waals surface area contributed by atoms with Gasteiger partial charge in [0.05, 0.1) is 29.1 Å². The number of halogens is 1. The number of nitrogen functional groups attached to an aromatic ring is 1. The first kappa shape index (κ1) is 14.2. The number of carboxylic acid groups (broad SMARTS) is 1. The number of hydrogen-bond acceptors (Lipinski definition) is 4. The van der Waals surface area contributed by atoms with Gasteiger partial charge < -0.3 is 21.3 Å². The van der Waals surface area contributed by atoms with E-state index in [0.29, 0.717) is 6.42 Å². The first-order valence-corrected chi connectivity index (χ1v) is 5.54. The molecule has 0 fully saturated rings. The van der Waals surface area contributed by atoms with Crippen molar-refractivity contribution in [1.82, 2.24) is 0 Å². The molecule has 1 aromatic rings. The third-order valence-electron chi connectivity index (χ3n) is 2.94. The van der Waals surface area contributed by atoms with Crippen molar-refractivity contribution >= 4 is 17.3 Å². The molecule has 0 spiro atoms. The van der Waals surface area contributed by atoms with Crippen LogP contribution in [0.5, 0.6) is 0 Å². The molecule has 0 aliphatic carbocycles. The minimum Gasteiger partial charge on any atom is -0.478 e. The van der Waals surface area contributed by atoms with Crippen molar-refractivity contribution in [3.8, 4) is 0 Å². The minimum atomic E-state index is -1.37. The van der Waals surface area contributed by atoms with E-state index < -0.39 is 22.9 Å². The van der Waals surface area contributed by atoms with Crippen LogP contribution in [0.4, 0.5) is 15.8 Å². The summed E-state index contributed by atoms with van der Waals surface area (Å²) in [7, 11) is 0. The van der Waals surface area contributed by atoms with Crippen LogP contribution in [0.25, 0.3) is 0 Å². The number of aliphatic hydroxyl groups is 1. The number of rotatable bonds is 5. The van der Waals surface area contributed by atoms with Gasteiger partial charge in [-0.3, -0.25) is 0 Å². The summed E-state index contributed by atoms with van der Waals surface area (Å²) in [5, 5.41) is 20.9. The molecule has 1 aromatic carbocycles. The molecule has 5 N–H and O–H groups in total. The van der Waals surface area contributed by atoms with Gasteiger partial charge in [-0.25, -0.2) is 9.18 Å². The van der Waals surface area contributed by atoms with Gasteiger partial charge in [-0.2, -0.15) is 0 Å². The van der Waals surface area contributed by atoms with Crippen molar-refractivity contribution in [3.05, 3.63) is 23.5 Å². The van der Waals surface area contributed by atoms with Crippen LogP contribution >= 0.6 is 0 Å². The highest BCUT2D eigenvalue weighted by molar-refractivity contribution is 5.90. The van der Waals surface area contributed by atoms with Crippen LogP contribution in [0.1, 0.15) is 30.6 Å². The average molecular weight is 256 g/mol. The molecule has 0 amide bonds. The monoisotopic (exact) mass is 256 g/mol. The van der Waals surface area contributed by atoms with Crippen molar-refractivity contribution in [3.63, 3.8) is 0 Å². The number of benzene rings is 1. The summed E-state index contributed by atoms with van der Waals surface area (Å²) in [5.74, 6) is -2.23. The van der Waals surface area contributed by atoms with Gasteiger partial charge in [0.15, 0.2) is 0 Å². The van der Waals surface area contributed by atoms with Gasteiger partial charge >= 0.3 is 5.97 Å². The summed E-state index contributed by atoms with van der Waals surface area (Å²) in [4.78, 5) is 10.7. The molecule has 0 heterocycles. The highest BCUT2D eigenvalue weighted by atomic mass is 19.1. The zero-order valence-corrected chi connectivity index (χ0v) is 10.3. The number of carboxylic acids is 1. The summed E-state index contributed by atoms with van der Waals surface area (Å²) >= 11 is 0. The molecule has 5 nitrogen and oxygen atoms in total. The third-order valence-corrected chi connectivity index (χ3v) is 2.94. The Morgan fingerprint density at radius 3 is 2.61 bits per heavy atom. The fraction of sp³-hybridized carbons (Fsp3) is 0.417. The fourth-order valence-corrected chi connectivity index (χ4v) is 1.43. The molecule has 0 saturated heterocycles. The molecule has 0 radical (unpaired) electrons. The quantitative estimate of drug-likeness (QED) is 0.601. The van der Waals surface area contributed by atoms with E-state index in [1.54, 1.807) is 6.92 Å². The second kappa shape index (κ2) is 5.22. The van der Waals surface area contributed by atoms with Gasteiger partial charge in [-0.05, 0) is 25.5 Å². The van der Waals surface area contributed by atoms with E-state index in [2.05, 4.69) is 5.32 Å². The van der Waals surface area contributed by atoms with E-state index in [9.17, 15) is 14.3 Å². The van der Waals surface area contributed by atoms with E-state index in [-0.39, 0.29) is 18.0 Å². The Morgan fingerprint density at radius 2 is 2.17 bits per heavy atom. The van der Waals surface area contributed by atoms with Gasteiger partial charge in [-0.15, -0.1) is 0 Å². The Kier molecular flexibility index (Phi) is 4.13. The molecule has 0 bridgehead atoms. The Labute approximate surface area is 104 Å². The lowest BCUT2D eigenvalue weighted by Gasteiger charge is -2.29. The van der Waals surface area contributed by atoms with Crippen molar-refractivity contribution in [2.45, 2.75) is 25.8 Å². The zero-order valence-electron chi connectivity index (χ0n) is 10.3. The number of anilines is 2. The van der Waals surface area contributed by atoms with E-state index in [1.807, 2.05) is 6.92 Å². The molecular weight excluding hydrogens is 239 g/mol. The maximum Gasteiger partial charge on any atom is 0.338 e.